The SMILES string of the molecule is CCCOc1cc(Br)c(CNC(C)c2ccccc2)cc1OCC.Cl. The van der Waals surface area contributed by atoms with Gasteiger partial charge in [-0.3, -0.25) is 0 Å². The van der Waals surface area contributed by atoms with Crippen LogP contribution in [0.2, 0.25) is 0 Å². The monoisotopic (exact) mass is 427 g/mol. The van der Waals surface area contributed by atoms with E-state index in [1.807, 2.05) is 19.1 Å². The maximum absolute atomic E-state index is 5.79. The third kappa shape index (κ3) is 6.53. The zero-order chi connectivity index (χ0) is 17.4. The van der Waals surface area contributed by atoms with Gasteiger partial charge in [0.25, 0.3) is 0 Å². The van der Waals surface area contributed by atoms with Gasteiger partial charge in [0, 0.05) is 17.1 Å². The molecule has 5 heteroatoms. The highest BCUT2D eigenvalue weighted by molar-refractivity contribution is 9.10. The fourth-order valence-electron chi connectivity index (χ4n) is 2.43. The molecule has 0 aliphatic carbocycles. The molecule has 1 N–H and O–H groups in total. The van der Waals surface area contributed by atoms with E-state index in [1.54, 1.807) is 0 Å². The van der Waals surface area contributed by atoms with Crippen molar-refractivity contribution in [2.75, 3.05) is 13.2 Å². The number of benzene rings is 2. The predicted molar refractivity (Wildman–Crippen MR) is 110 cm³/mol. The van der Waals surface area contributed by atoms with Crippen LogP contribution in [0.3, 0.4) is 0 Å². The van der Waals surface area contributed by atoms with E-state index in [4.69, 9.17) is 9.47 Å². The lowest BCUT2D eigenvalue weighted by Crippen LogP contribution is -2.18. The third-order valence-electron chi connectivity index (χ3n) is 3.77. The molecule has 0 saturated heterocycles. The highest BCUT2D eigenvalue weighted by Crippen LogP contribution is 2.34. The molecule has 0 saturated carbocycles. The minimum absolute atomic E-state index is 0. The van der Waals surface area contributed by atoms with E-state index in [-0.39, 0.29) is 18.4 Å². The standard InChI is InChI=1S/C20H26BrNO2.ClH/c1-4-11-24-20-13-18(21)17(12-19(20)23-5-2)14-22-15(3)16-9-7-6-8-10-16;/h6-10,12-13,15,22H,4-5,11,14H2,1-3H3;1H. The molecule has 0 aliphatic heterocycles. The molecule has 138 valence electrons. The van der Waals surface area contributed by atoms with Crippen LogP contribution in [0.5, 0.6) is 11.5 Å². The van der Waals surface area contributed by atoms with Gasteiger partial charge < -0.3 is 14.8 Å². The summed E-state index contributed by atoms with van der Waals surface area (Å²) in [5, 5.41) is 3.56. The van der Waals surface area contributed by atoms with Crippen molar-refractivity contribution in [2.24, 2.45) is 0 Å². The van der Waals surface area contributed by atoms with Crippen molar-refractivity contribution in [2.45, 2.75) is 39.8 Å². The van der Waals surface area contributed by atoms with Gasteiger partial charge in [0.2, 0.25) is 0 Å². The number of hydrogen-bond acceptors (Lipinski definition) is 3. The smallest absolute Gasteiger partial charge is 0.162 e. The quantitative estimate of drug-likeness (QED) is 0.538. The maximum Gasteiger partial charge on any atom is 0.162 e. The Labute approximate surface area is 165 Å². The molecule has 3 nitrogen and oxygen atoms in total. The van der Waals surface area contributed by atoms with Crippen LogP contribution in [0, 0.1) is 0 Å². The first kappa shape index (κ1) is 21.8. The first-order valence-electron chi connectivity index (χ1n) is 8.52. The molecule has 0 aliphatic rings. The van der Waals surface area contributed by atoms with Crippen LogP contribution in [-0.2, 0) is 6.54 Å². The van der Waals surface area contributed by atoms with Crippen LogP contribution in [0.25, 0.3) is 0 Å². The van der Waals surface area contributed by atoms with Crippen molar-refractivity contribution in [1.82, 2.24) is 5.32 Å². The van der Waals surface area contributed by atoms with Crippen LogP contribution < -0.4 is 14.8 Å². The molecule has 0 amide bonds. The zero-order valence-electron chi connectivity index (χ0n) is 15.0. The van der Waals surface area contributed by atoms with Crippen LogP contribution in [0.1, 0.15) is 44.4 Å². The summed E-state index contributed by atoms with van der Waals surface area (Å²) >= 11 is 3.66. The summed E-state index contributed by atoms with van der Waals surface area (Å²) in [6, 6.07) is 14.8. The van der Waals surface area contributed by atoms with Crippen molar-refractivity contribution < 1.29 is 9.47 Å². The van der Waals surface area contributed by atoms with Crippen molar-refractivity contribution in [3.05, 3.63) is 58.1 Å². The summed E-state index contributed by atoms with van der Waals surface area (Å²) in [6.45, 7) is 8.32. The van der Waals surface area contributed by atoms with Crippen molar-refractivity contribution in [3.63, 3.8) is 0 Å². The van der Waals surface area contributed by atoms with E-state index in [2.05, 4.69) is 65.4 Å². The molecule has 2 rings (SSSR count). The second-order valence-electron chi connectivity index (χ2n) is 5.69. The Morgan fingerprint density at radius 3 is 2.36 bits per heavy atom. The second kappa shape index (κ2) is 11.4. The average molecular weight is 429 g/mol. The normalized spacial score (nSPS) is 11.5. The minimum Gasteiger partial charge on any atom is -0.490 e. The van der Waals surface area contributed by atoms with Gasteiger partial charge in [0.15, 0.2) is 11.5 Å². The summed E-state index contributed by atoms with van der Waals surface area (Å²) < 4.78 is 12.6. The minimum atomic E-state index is 0. The lowest BCUT2D eigenvalue weighted by atomic mass is 10.1. The summed E-state index contributed by atoms with van der Waals surface area (Å²) in [7, 11) is 0. The lowest BCUT2D eigenvalue weighted by Gasteiger charge is -2.17. The number of rotatable bonds is 9. The van der Waals surface area contributed by atoms with Gasteiger partial charge in [-0.15, -0.1) is 12.4 Å². The lowest BCUT2D eigenvalue weighted by molar-refractivity contribution is 0.276. The largest absolute Gasteiger partial charge is 0.490 e. The molecule has 0 fully saturated rings. The van der Waals surface area contributed by atoms with E-state index < -0.39 is 0 Å². The first-order chi connectivity index (χ1) is 11.7. The van der Waals surface area contributed by atoms with Crippen LogP contribution in [0.15, 0.2) is 46.9 Å². The van der Waals surface area contributed by atoms with Crippen LogP contribution in [0.4, 0.5) is 0 Å². The molecule has 0 radical (unpaired) electrons. The van der Waals surface area contributed by atoms with Gasteiger partial charge in [-0.05, 0) is 43.5 Å². The van der Waals surface area contributed by atoms with E-state index in [9.17, 15) is 0 Å². The predicted octanol–water partition coefficient (Wildman–Crippen LogP) is 5.91. The Bertz CT molecular complexity index is 637. The third-order valence-corrected chi connectivity index (χ3v) is 4.51. The Kier molecular flexibility index (Phi) is 9.94. The number of hydrogen-bond donors (Lipinski definition) is 1. The molecule has 25 heavy (non-hydrogen) atoms. The zero-order valence-corrected chi connectivity index (χ0v) is 17.5. The highest BCUT2D eigenvalue weighted by Gasteiger charge is 2.12. The molecular formula is C20H27BrClNO2. The van der Waals surface area contributed by atoms with Gasteiger partial charge >= 0.3 is 0 Å². The topological polar surface area (TPSA) is 30.5 Å². The summed E-state index contributed by atoms with van der Waals surface area (Å²) in [6.07, 6.45) is 0.973. The molecule has 0 bridgehead atoms. The molecule has 0 heterocycles. The fraction of sp³-hybridized carbons (Fsp3) is 0.400. The van der Waals surface area contributed by atoms with E-state index in [0.29, 0.717) is 13.2 Å². The molecule has 0 spiro atoms. The Morgan fingerprint density at radius 1 is 1.04 bits per heavy atom. The molecular weight excluding hydrogens is 402 g/mol. The van der Waals surface area contributed by atoms with Crippen LogP contribution in [-0.4, -0.2) is 13.2 Å². The van der Waals surface area contributed by atoms with Crippen molar-refractivity contribution in [1.29, 1.82) is 0 Å². The van der Waals surface area contributed by atoms with Gasteiger partial charge in [-0.2, -0.15) is 0 Å². The van der Waals surface area contributed by atoms with Crippen molar-refractivity contribution >= 4 is 28.3 Å². The Hall–Kier alpha value is -1.23. The van der Waals surface area contributed by atoms with E-state index in [1.165, 1.54) is 5.56 Å². The van der Waals surface area contributed by atoms with E-state index in [0.717, 1.165) is 34.5 Å². The van der Waals surface area contributed by atoms with Gasteiger partial charge in [0.1, 0.15) is 0 Å². The number of ether oxygens (including phenoxy) is 2. The summed E-state index contributed by atoms with van der Waals surface area (Å²) in [5.41, 5.74) is 2.44. The first-order valence-corrected chi connectivity index (χ1v) is 9.31. The average Bonchev–Trinajstić information content (AvgIpc) is 2.61. The molecule has 1 atom stereocenters. The molecule has 0 aromatic heterocycles. The Balaban J connectivity index is 0.00000312. The number of halogens is 2. The molecule has 2 aromatic carbocycles. The van der Waals surface area contributed by atoms with Gasteiger partial charge in [-0.25, -0.2) is 0 Å². The van der Waals surface area contributed by atoms with Gasteiger partial charge in [-0.1, -0.05) is 53.2 Å². The Morgan fingerprint density at radius 2 is 1.72 bits per heavy atom. The molecule has 2 aromatic rings. The fourth-order valence-corrected chi connectivity index (χ4v) is 2.89. The second-order valence-corrected chi connectivity index (χ2v) is 6.54. The van der Waals surface area contributed by atoms with Crippen molar-refractivity contribution in [3.8, 4) is 11.5 Å². The highest BCUT2D eigenvalue weighted by atomic mass is 79.9. The maximum atomic E-state index is 5.79. The van der Waals surface area contributed by atoms with Crippen LogP contribution >= 0.6 is 28.3 Å². The summed E-state index contributed by atoms with van der Waals surface area (Å²) in [4.78, 5) is 0. The summed E-state index contributed by atoms with van der Waals surface area (Å²) in [5.74, 6) is 1.60. The molecule has 1 unspecified atom stereocenters. The van der Waals surface area contributed by atoms with Gasteiger partial charge in [0.05, 0.1) is 13.2 Å². The number of nitrogens with one attached hydrogen (secondary N) is 1. The van der Waals surface area contributed by atoms with E-state index >= 15 is 0 Å².